The Bertz CT molecular complexity index is 2830. The Balaban J connectivity index is 1.29. The van der Waals surface area contributed by atoms with Crippen molar-refractivity contribution in [2.75, 3.05) is 14.7 Å². The summed E-state index contributed by atoms with van der Waals surface area (Å²) in [6.45, 7) is 0. The normalized spacial score (nSPS) is 11.2. The van der Waals surface area contributed by atoms with E-state index in [0.717, 1.165) is 51.2 Å². The van der Waals surface area contributed by atoms with Gasteiger partial charge in [-0.05, 0) is 102 Å². The van der Waals surface area contributed by atoms with E-state index >= 15 is 0 Å². The van der Waals surface area contributed by atoms with Gasteiger partial charge >= 0.3 is 0 Å². The molecule has 4 heteroatoms. The maximum atomic E-state index is 2.40. The first-order valence-corrected chi connectivity index (χ1v) is 19.8. The predicted molar refractivity (Wildman–Crippen MR) is 241 cm³/mol. The van der Waals surface area contributed by atoms with E-state index in [0.29, 0.717) is 0 Å². The van der Waals surface area contributed by atoms with Gasteiger partial charge in [0.2, 0.25) is 0 Å². The lowest BCUT2D eigenvalue weighted by molar-refractivity contribution is 1.28. The average molecular weight is 736 g/mol. The summed E-state index contributed by atoms with van der Waals surface area (Å²) in [5.41, 5.74) is 10.0. The molecule has 0 N–H and O–H groups in total. The van der Waals surface area contributed by atoms with Crippen LogP contribution in [0.4, 0.5) is 51.2 Å². The highest BCUT2D eigenvalue weighted by Crippen LogP contribution is 2.52. The highest BCUT2D eigenvalue weighted by atomic mass is 32.1. The van der Waals surface area contributed by atoms with Crippen molar-refractivity contribution < 1.29 is 0 Å². The molecule has 10 aromatic rings. The third-order valence-corrected chi connectivity index (χ3v) is 11.6. The molecule has 0 saturated heterocycles. The van der Waals surface area contributed by atoms with Crippen molar-refractivity contribution in [1.29, 1.82) is 0 Å². The minimum absolute atomic E-state index is 1.10. The summed E-state index contributed by atoms with van der Waals surface area (Å²) in [7, 11) is 0. The van der Waals surface area contributed by atoms with Gasteiger partial charge in [-0.1, -0.05) is 127 Å². The average Bonchev–Trinajstić information content (AvgIpc) is 3.66. The zero-order chi connectivity index (χ0) is 37.3. The first-order chi connectivity index (χ1) is 27.8. The van der Waals surface area contributed by atoms with Gasteiger partial charge in [0.1, 0.15) is 0 Å². The Kier molecular flexibility index (Phi) is 8.71. The Morgan fingerprint density at radius 2 is 0.714 bits per heavy atom. The number of fused-ring (bicyclic) bond motifs is 4. The molecule has 56 heavy (non-hydrogen) atoms. The summed E-state index contributed by atoms with van der Waals surface area (Å²) < 4.78 is 2.45. The molecule has 0 radical (unpaired) electrons. The number of rotatable bonds is 9. The molecule has 0 atom stereocenters. The zero-order valence-corrected chi connectivity index (χ0v) is 31.4. The van der Waals surface area contributed by atoms with Crippen molar-refractivity contribution in [3.8, 4) is 0 Å². The lowest BCUT2D eigenvalue weighted by Gasteiger charge is -2.30. The topological polar surface area (TPSA) is 9.72 Å². The van der Waals surface area contributed by atoms with Crippen molar-refractivity contribution in [3.05, 3.63) is 224 Å². The van der Waals surface area contributed by atoms with Crippen LogP contribution in [0, 0.1) is 0 Å². The molecule has 0 fully saturated rings. The summed E-state index contributed by atoms with van der Waals surface area (Å²) >= 11 is 1.86. The molecule has 1 heterocycles. The zero-order valence-electron chi connectivity index (χ0n) is 30.6. The largest absolute Gasteiger partial charge is 0.310 e. The van der Waals surface area contributed by atoms with Crippen LogP contribution in [0.5, 0.6) is 0 Å². The highest BCUT2D eigenvalue weighted by Gasteiger charge is 2.25. The van der Waals surface area contributed by atoms with Crippen LogP contribution in [0.1, 0.15) is 0 Å². The van der Waals surface area contributed by atoms with Crippen LogP contribution in [0.25, 0.3) is 30.9 Å². The van der Waals surface area contributed by atoms with E-state index in [2.05, 4.69) is 239 Å². The molecular weight excluding hydrogens is 699 g/mol. The maximum absolute atomic E-state index is 2.40. The Hall–Kier alpha value is -7.14. The lowest BCUT2D eigenvalue weighted by atomic mass is 10.0. The van der Waals surface area contributed by atoms with Crippen LogP contribution >= 0.6 is 11.3 Å². The fraction of sp³-hybridized carbons (Fsp3) is 0. The molecule has 266 valence electrons. The standard InChI is InChI=1S/C52H37N3S/c1-6-21-39(22-7-1)53(40-23-8-2-9-24-40)48-34-35-49(54(41-25-10-3-11-26-41)42-27-12-4-13-28-42)52-51(48)46-37-44(33-36-50(46)56-52)55(43-29-14-5-15-30-43)47-32-18-20-38-19-16-17-31-45(38)47/h1-37H. The SMILES string of the molecule is c1ccc(N(c2ccc3sc4c(N(c5ccccc5)c5ccccc5)ccc(N(c5ccccc5)c5ccccc5)c4c3c2)c2cccc3ccccc23)cc1. The minimum Gasteiger partial charge on any atom is -0.310 e. The van der Waals surface area contributed by atoms with Crippen molar-refractivity contribution in [1.82, 2.24) is 0 Å². The highest BCUT2D eigenvalue weighted by molar-refractivity contribution is 7.26. The van der Waals surface area contributed by atoms with Crippen molar-refractivity contribution in [2.45, 2.75) is 0 Å². The predicted octanol–water partition coefficient (Wildman–Crippen LogP) is 15.6. The van der Waals surface area contributed by atoms with E-state index in [-0.39, 0.29) is 0 Å². The molecule has 1 aromatic heterocycles. The first-order valence-electron chi connectivity index (χ1n) is 18.9. The maximum Gasteiger partial charge on any atom is 0.0641 e. The van der Waals surface area contributed by atoms with Gasteiger partial charge in [0.15, 0.2) is 0 Å². The summed E-state index contributed by atoms with van der Waals surface area (Å²) in [4.78, 5) is 7.20. The molecule has 3 nitrogen and oxygen atoms in total. The van der Waals surface area contributed by atoms with Crippen LogP contribution in [-0.4, -0.2) is 0 Å². The van der Waals surface area contributed by atoms with E-state index in [9.17, 15) is 0 Å². The van der Waals surface area contributed by atoms with E-state index < -0.39 is 0 Å². The first kappa shape index (κ1) is 33.4. The van der Waals surface area contributed by atoms with Gasteiger partial charge in [-0.25, -0.2) is 0 Å². The van der Waals surface area contributed by atoms with Gasteiger partial charge in [-0.3, -0.25) is 0 Å². The molecule has 0 amide bonds. The molecule has 0 bridgehead atoms. The van der Waals surface area contributed by atoms with Gasteiger partial charge in [0, 0.05) is 55.0 Å². The van der Waals surface area contributed by atoms with Crippen LogP contribution in [-0.2, 0) is 0 Å². The fourth-order valence-corrected chi connectivity index (χ4v) is 9.12. The van der Waals surface area contributed by atoms with Crippen LogP contribution in [0.3, 0.4) is 0 Å². The number of hydrogen-bond acceptors (Lipinski definition) is 4. The molecule has 9 aromatic carbocycles. The van der Waals surface area contributed by atoms with E-state index in [1.807, 2.05) is 11.3 Å². The molecular formula is C52H37N3S. The fourth-order valence-electron chi connectivity index (χ4n) is 7.91. The quantitative estimate of drug-likeness (QED) is 0.146. The van der Waals surface area contributed by atoms with E-state index in [1.165, 1.54) is 30.9 Å². The number of hydrogen-bond donors (Lipinski definition) is 0. The summed E-state index contributed by atoms with van der Waals surface area (Å²) in [5.74, 6) is 0. The molecule has 0 aliphatic heterocycles. The van der Waals surface area contributed by atoms with E-state index in [4.69, 9.17) is 0 Å². The number of para-hydroxylation sites is 5. The van der Waals surface area contributed by atoms with Crippen molar-refractivity contribution in [3.63, 3.8) is 0 Å². The second kappa shape index (κ2) is 14.6. The molecule has 0 unspecified atom stereocenters. The molecule has 0 aliphatic carbocycles. The van der Waals surface area contributed by atoms with Crippen molar-refractivity contribution in [2.24, 2.45) is 0 Å². The Labute approximate surface area is 331 Å². The van der Waals surface area contributed by atoms with Crippen molar-refractivity contribution >= 4 is 93.5 Å². The number of benzene rings is 9. The smallest absolute Gasteiger partial charge is 0.0641 e. The van der Waals surface area contributed by atoms with Gasteiger partial charge in [-0.15, -0.1) is 11.3 Å². The van der Waals surface area contributed by atoms with Gasteiger partial charge < -0.3 is 14.7 Å². The summed E-state index contributed by atoms with van der Waals surface area (Å²) in [6, 6.07) is 80.4. The monoisotopic (exact) mass is 735 g/mol. The lowest BCUT2D eigenvalue weighted by Crippen LogP contribution is -2.12. The van der Waals surface area contributed by atoms with E-state index in [1.54, 1.807) is 0 Å². The van der Waals surface area contributed by atoms with Gasteiger partial charge in [0.05, 0.1) is 21.8 Å². The van der Waals surface area contributed by atoms with Crippen LogP contribution in [0.15, 0.2) is 224 Å². The molecule has 0 spiro atoms. The number of thiophene rings is 1. The number of nitrogens with zero attached hydrogens (tertiary/aromatic N) is 3. The third kappa shape index (κ3) is 6.03. The molecule has 10 rings (SSSR count). The third-order valence-electron chi connectivity index (χ3n) is 10.4. The second-order valence-electron chi connectivity index (χ2n) is 13.8. The van der Waals surface area contributed by atoms with Gasteiger partial charge in [-0.2, -0.15) is 0 Å². The molecule has 0 saturated carbocycles. The number of anilines is 9. The summed E-state index contributed by atoms with van der Waals surface area (Å²) in [6.07, 6.45) is 0. The molecule has 0 aliphatic rings. The van der Waals surface area contributed by atoms with Crippen LogP contribution in [0.2, 0.25) is 0 Å². The summed E-state index contributed by atoms with van der Waals surface area (Å²) in [5, 5.41) is 4.83. The minimum atomic E-state index is 1.10. The second-order valence-corrected chi connectivity index (χ2v) is 14.8. The van der Waals surface area contributed by atoms with Crippen LogP contribution < -0.4 is 14.7 Å². The Morgan fingerprint density at radius 1 is 0.286 bits per heavy atom. The Morgan fingerprint density at radius 3 is 1.25 bits per heavy atom. The van der Waals surface area contributed by atoms with Gasteiger partial charge in [0.25, 0.3) is 0 Å².